The van der Waals surface area contributed by atoms with Gasteiger partial charge in [-0.25, -0.2) is 0 Å². The van der Waals surface area contributed by atoms with E-state index in [1.807, 2.05) is 0 Å². The van der Waals surface area contributed by atoms with Crippen LogP contribution in [0.1, 0.15) is 17.5 Å². The second-order valence-electron chi connectivity index (χ2n) is 6.17. The Bertz CT molecular complexity index is 626. The van der Waals surface area contributed by atoms with E-state index in [-0.39, 0.29) is 13.3 Å². The van der Waals surface area contributed by atoms with Crippen LogP contribution in [-0.4, -0.2) is 19.5 Å². The van der Waals surface area contributed by atoms with E-state index >= 15 is 0 Å². The first-order valence-corrected chi connectivity index (χ1v) is 10.3. The molecule has 0 amide bonds. The van der Waals surface area contributed by atoms with Gasteiger partial charge in [0.25, 0.3) is 0 Å². The molecule has 0 nitrogen and oxygen atoms in total. The zero-order chi connectivity index (χ0) is 15.4. The molecule has 1 aliphatic carbocycles. The van der Waals surface area contributed by atoms with Gasteiger partial charge in [0.1, 0.15) is 0 Å². The average molecular weight is 306 g/mol. The van der Waals surface area contributed by atoms with E-state index in [1.165, 1.54) is 22.9 Å². The third-order valence-electron chi connectivity index (χ3n) is 4.35. The molecule has 0 heterocycles. The SMILES string of the molecule is CP(C)CC(C1=CCC=C1)(c1ccccc1)c1ccccc1. The van der Waals surface area contributed by atoms with Crippen LogP contribution >= 0.6 is 7.92 Å². The van der Waals surface area contributed by atoms with Crippen molar-refractivity contribution in [3.8, 4) is 0 Å². The zero-order valence-electron chi connectivity index (χ0n) is 13.4. The molecule has 0 saturated carbocycles. The molecule has 0 fully saturated rings. The van der Waals surface area contributed by atoms with Crippen LogP contribution in [0.4, 0.5) is 0 Å². The van der Waals surface area contributed by atoms with Crippen LogP contribution in [0.2, 0.25) is 0 Å². The summed E-state index contributed by atoms with van der Waals surface area (Å²) in [6.07, 6.45) is 9.26. The Balaban J connectivity index is 2.25. The van der Waals surface area contributed by atoms with E-state index in [0.717, 1.165) is 6.42 Å². The minimum absolute atomic E-state index is 0.00920. The third-order valence-corrected chi connectivity index (χ3v) is 5.46. The molecule has 0 unspecified atom stereocenters. The average Bonchev–Trinajstić information content (AvgIpc) is 3.09. The molecule has 1 aliphatic rings. The number of benzene rings is 2. The standard InChI is InChI=1S/C21H23P/c1-22(2)17-21(20-15-9-10-16-20,18-11-5-3-6-12-18)19-13-7-4-8-14-19/h3-9,11-16H,10,17H2,1-2H3. The summed E-state index contributed by atoms with van der Waals surface area (Å²) < 4.78 is 0. The Morgan fingerprint density at radius 2 is 1.41 bits per heavy atom. The molecule has 112 valence electrons. The van der Waals surface area contributed by atoms with Gasteiger partial charge in [-0.3, -0.25) is 0 Å². The Morgan fingerprint density at radius 1 is 0.864 bits per heavy atom. The van der Waals surface area contributed by atoms with Crippen molar-refractivity contribution in [1.82, 2.24) is 0 Å². The summed E-state index contributed by atoms with van der Waals surface area (Å²) in [5.41, 5.74) is 4.27. The molecule has 0 N–H and O–H groups in total. The molecule has 0 radical (unpaired) electrons. The molecule has 0 atom stereocenters. The monoisotopic (exact) mass is 306 g/mol. The minimum Gasteiger partial charge on any atom is -0.112 e. The van der Waals surface area contributed by atoms with Gasteiger partial charge in [0, 0.05) is 5.41 Å². The molecule has 2 aromatic carbocycles. The van der Waals surface area contributed by atoms with Crippen molar-refractivity contribution >= 4 is 7.92 Å². The highest BCUT2D eigenvalue weighted by atomic mass is 31.1. The topological polar surface area (TPSA) is 0 Å². The highest BCUT2D eigenvalue weighted by Gasteiger charge is 2.38. The van der Waals surface area contributed by atoms with Crippen LogP contribution in [0.25, 0.3) is 0 Å². The van der Waals surface area contributed by atoms with Crippen LogP contribution in [0.3, 0.4) is 0 Å². The fraction of sp³-hybridized carbons (Fsp3) is 0.238. The van der Waals surface area contributed by atoms with Crippen LogP contribution in [0.5, 0.6) is 0 Å². The van der Waals surface area contributed by atoms with Crippen molar-refractivity contribution in [2.75, 3.05) is 19.5 Å². The lowest BCUT2D eigenvalue weighted by molar-refractivity contribution is 0.700. The lowest BCUT2D eigenvalue weighted by Crippen LogP contribution is -2.33. The number of hydrogen-bond donors (Lipinski definition) is 0. The van der Waals surface area contributed by atoms with E-state index in [1.54, 1.807) is 0 Å². The van der Waals surface area contributed by atoms with Crippen molar-refractivity contribution < 1.29 is 0 Å². The van der Waals surface area contributed by atoms with E-state index in [9.17, 15) is 0 Å². The summed E-state index contributed by atoms with van der Waals surface area (Å²) in [6.45, 7) is 4.77. The fourth-order valence-corrected chi connectivity index (χ4v) is 4.96. The van der Waals surface area contributed by atoms with Crippen LogP contribution in [-0.2, 0) is 5.41 Å². The molecule has 0 aromatic heterocycles. The van der Waals surface area contributed by atoms with Gasteiger partial charge in [-0.2, -0.15) is 0 Å². The molecule has 0 bridgehead atoms. The lowest BCUT2D eigenvalue weighted by Gasteiger charge is -2.38. The van der Waals surface area contributed by atoms with E-state index < -0.39 is 0 Å². The van der Waals surface area contributed by atoms with Crippen molar-refractivity contribution in [2.45, 2.75) is 11.8 Å². The number of allylic oxidation sites excluding steroid dienone is 4. The summed E-state index contributed by atoms with van der Waals surface area (Å²) in [5.74, 6) is 0. The van der Waals surface area contributed by atoms with Gasteiger partial charge in [0.2, 0.25) is 0 Å². The lowest BCUT2D eigenvalue weighted by atomic mass is 9.70. The maximum Gasteiger partial charge on any atom is 0.0487 e. The van der Waals surface area contributed by atoms with E-state index in [2.05, 4.69) is 92.2 Å². The summed E-state index contributed by atoms with van der Waals surface area (Å²) in [5, 5.41) is 0. The largest absolute Gasteiger partial charge is 0.112 e. The van der Waals surface area contributed by atoms with Crippen LogP contribution in [0, 0.1) is 0 Å². The quantitative estimate of drug-likeness (QED) is 0.631. The predicted octanol–water partition coefficient (Wildman–Crippen LogP) is 5.60. The zero-order valence-corrected chi connectivity index (χ0v) is 14.3. The van der Waals surface area contributed by atoms with Crippen molar-refractivity contribution in [1.29, 1.82) is 0 Å². The number of hydrogen-bond acceptors (Lipinski definition) is 0. The second-order valence-corrected chi connectivity index (χ2v) is 8.65. The molecule has 22 heavy (non-hydrogen) atoms. The van der Waals surface area contributed by atoms with Crippen LogP contribution in [0.15, 0.2) is 84.5 Å². The Labute approximate surface area is 135 Å². The van der Waals surface area contributed by atoms with Crippen molar-refractivity contribution in [3.05, 3.63) is 95.6 Å². The maximum atomic E-state index is 2.40. The normalized spacial score (nSPS) is 14.4. The van der Waals surface area contributed by atoms with Gasteiger partial charge in [-0.15, -0.1) is 7.92 Å². The minimum atomic E-state index is -0.0265. The molecule has 0 saturated heterocycles. The first-order chi connectivity index (χ1) is 10.7. The van der Waals surface area contributed by atoms with Crippen molar-refractivity contribution in [2.24, 2.45) is 0 Å². The molecule has 1 heteroatoms. The van der Waals surface area contributed by atoms with Gasteiger partial charge in [0.05, 0.1) is 0 Å². The summed E-state index contributed by atoms with van der Waals surface area (Å²) in [4.78, 5) is 0. The van der Waals surface area contributed by atoms with Gasteiger partial charge in [0.15, 0.2) is 0 Å². The molecule has 3 rings (SSSR count). The Kier molecular flexibility index (Phi) is 4.60. The predicted molar refractivity (Wildman–Crippen MR) is 99.1 cm³/mol. The summed E-state index contributed by atoms with van der Waals surface area (Å²) in [7, 11) is -0.0265. The molecule has 2 aromatic rings. The smallest absolute Gasteiger partial charge is 0.0487 e. The van der Waals surface area contributed by atoms with E-state index in [0.29, 0.717) is 0 Å². The highest BCUT2D eigenvalue weighted by molar-refractivity contribution is 7.56. The maximum absolute atomic E-state index is 2.40. The molecule has 0 spiro atoms. The Morgan fingerprint density at radius 3 is 1.82 bits per heavy atom. The molecular weight excluding hydrogens is 283 g/mol. The van der Waals surface area contributed by atoms with Gasteiger partial charge in [-0.05, 0) is 42.6 Å². The van der Waals surface area contributed by atoms with Gasteiger partial charge >= 0.3 is 0 Å². The van der Waals surface area contributed by atoms with Crippen LogP contribution < -0.4 is 0 Å². The first-order valence-electron chi connectivity index (χ1n) is 7.86. The highest BCUT2D eigenvalue weighted by Crippen LogP contribution is 2.48. The molecular formula is C21H23P. The van der Waals surface area contributed by atoms with Crippen molar-refractivity contribution in [3.63, 3.8) is 0 Å². The third kappa shape index (κ3) is 2.81. The van der Waals surface area contributed by atoms with Gasteiger partial charge < -0.3 is 0 Å². The van der Waals surface area contributed by atoms with Gasteiger partial charge in [-0.1, -0.05) is 78.9 Å². The summed E-state index contributed by atoms with van der Waals surface area (Å²) >= 11 is 0. The second kappa shape index (κ2) is 6.63. The number of rotatable bonds is 5. The van der Waals surface area contributed by atoms with E-state index in [4.69, 9.17) is 0 Å². The Hall–Kier alpha value is -1.65. The fourth-order valence-electron chi connectivity index (χ4n) is 3.47. The first kappa shape index (κ1) is 15.3. The summed E-state index contributed by atoms with van der Waals surface area (Å²) in [6, 6.07) is 22.0. The molecule has 0 aliphatic heterocycles.